The first kappa shape index (κ1) is 14.5. The molecule has 3 aromatic rings. The van der Waals surface area contributed by atoms with Crippen LogP contribution in [0.15, 0.2) is 60.9 Å². The van der Waals surface area contributed by atoms with E-state index in [4.69, 9.17) is 5.11 Å². The molecule has 7 heteroatoms. The number of nitrogens with zero attached hydrogens (tertiary/aromatic N) is 3. The van der Waals surface area contributed by atoms with Crippen molar-refractivity contribution in [2.45, 2.75) is 0 Å². The number of hydrogen-bond acceptors (Lipinski definition) is 4. The third-order valence-corrected chi connectivity index (χ3v) is 3.35. The lowest BCUT2D eigenvalue weighted by Gasteiger charge is -2.05. The lowest BCUT2D eigenvalue weighted by atomic mass is 10.0. The zero-order valence-corrected chi connectivity index (χ0v) is 11.8. The molecule has 2 aromatic carbocycles. The van der Waals surface area contributed by atoms with Gasteiger partial charge in [0.1, 0.15) is 0 Å². The molecule has 114 valence electrons. The van der Waals surface area contributed by atoms with Crippen molar-refractivity contribution >= 4 is 11.7 Å². The highest BCUT2D eigenvalue weighted by Crippen LogP contribution is 2.24. The molecule has 1 heterocycles. The fraction of sp³-hybridized carbons (Fsp3) is 0. The van der Waals surface area contributed by atoms with Gasteiger partial charge in [0.15, 0.2) is 0 Å². The number of aromatic nitrogens is 2. The number of carbonyl (C=O) groups is 1. The quantitative estimate of drug-likeness (QED) is 0.589. The highest BCUT2D eigenvalue weighted by atomic mass is 16.6. The Morgan fingerprint density at radius 3 is 2.48 bits per heavy atom. The van der Waals surface area contributed by atoms with E-state index >= 15 is 0 Å². The van der Waals surface area contributed by atoms with Gasteiger partial charge < -0.3 is 5.11 Å². The molecule has 0 amide bonds. The van der Waals surface area contributed by atoms with Gasteiger partial charge in [0.2, 0.25) is 0 Å². The molecular formula is C16H11N3O4. The molecule has 1 aromatic heterocycles. The van der Waals surface area contributed by atoms with E-state index in [0.717, 1.165) is 11.1 Å². The van der Waals surface area contributed by atoms with E-state index in [1.807, 2.05) is 18.2 Å². The second-order valence-electron chi connectivity index (χ2n) is 4.83. The predicted octanol–water partition coefficient (Wildman–Crippen LogP) is 3.15. The van der Waals surface area contributed by atoms with Crippen molar-refractivity contribution < 1.29 is 14.8 Å². The Morgan fingerprint density at radius 1 is 1.13 bits per heavy atom. The van der Waals surface area contributed by atoms with Crippen LogP contribution in [0.2, 0.25) is 0 Å². The van der Waals surface area contributed by atoms with Crippen molar-refractivity contribution in [3.63, 3.8) is 0 Å². The molecule has 0 atom stereocenters. The van der Waals surface area contributed by atoms with Crippen LogP contribution in [0, 0.1) is 10.1 Å². The van der Waals surface area contributed by atoms with Crippen LogP contribution < -0.4 is 0 Å². The summed E-state index contributed by atoms with van der Waals surface area (Å²) in [7, 11) is 0. The van der Waals surface area contributed by atoms with E-state index in [9.17, 15) is 14.9 Å². The maximum absolute atomic E-state index is 10.9. The van der Waals surface area contributed by atoms with Crippen molar-refractivity contribution in [2.24, 2.45) is 0 Å². The second kappa shape index (κ2) is 5.72. The molecule has 7 nitrogen and oxygen atoms in total. The van der Waals surface area contributed by atoms with Crippen LogP contribution in [-0.4, -0.2) is 25.8 Å². The average Bonchev–Trinajstić information content (AvgIpc) is 3.05. The second-order valence-corrected chi connectivity index (χ2v) is 4.83. The average molecular weight is 309 g/mol. The minimum atomic E-state index is -1.04. The Balaban J connectivity index is 1.95. The Bertz CT molecular complexity index is 884. The Hall–Kier alpha value is -3.48. The summed E-state index contributed by atoms with van der Waals surface area (Å²) in [5.74, 6) is -1.04. The van der Waals surface area contributed by atoms with Gasteiger partial charge in [0.25, 0.3) is 5.69 Å². The molecule has 0 aliphatic heterocycles. The number of rotatable bonds is 4. The van der Waals surface area contributed by atoms with Gasteiger partial charge in [-0.25, -0.2) is 9.48 Å². The molecule has 1 N–H and O–H groups in total. The smallest absolute Gasteiger partial charge is 0.338 e. The van der Waals surface area contributed by atoms with Crippen molar-refractivity contribution in [3.05, 3.63) is 76.6 Å². The summed E-state index contributed by atoms with van der Waals surface area (Å²) in [5.41, 5.74) is 2.51. The molecule has 0 aliphatic carbocycles. The van der Waals surface area contributed by atoms with Gasteiger partial charge in [0.05, 0.1) is 22.4 Å². The molecule has 0 spiro atoms. The fourth-order valence-corrected chi connectivity index (χ4v) is 2.18. The van der Waals surface area contributed by atoms with Gasteiger partial charge in [-0.2, -0.15) is 5.10 Å². The van der Waals surface area contributed by atoms with Gasteiger partial charge in [0, 0.05) is 18.3 Å². The van der Waals surface area contributed by atoms with Gasteiger partial charge >= 0.3 is 5.97 Å². The summed E-state index contributed by atoms with van der Waals surface area (Å²) in [6.45, 7) is 0. The number of non-ortho nitro benzene ring substituents is 1. The fourth-order valence-electron chi connectivity index (χ4n) is 2.18. The summed E-state index contributed by atoms with van der Waals surface area (Å²) in [6.07, 6.45) is 2.71. The summed E-state index contributed by atoms with van der Waals surface area (Å²) >= 11 is 0. The molecule has 0 aliphatic rings. The van der Waals surface area contributed by atoms with Crippen molar-refractivity contribution in [1.82, 2.24) is 9.78 Å². The van der Waals surface area contributed by atoms with Crippen LogP contribution in [0.1, 0.15) is 10.4 Å². The third kappa shape index (κ3) is 2.93. The SMILES string of the molecule is O=C(O)c1cnn(-c2cccc(-c3ccc([N+](=O)[O-])cc3)c2)c1. The van der Waals surface area contributed by atoms with E-state index < -0.39 is 10.9 Å². The first-order valence-electron chi connectivity index (χ1n) is 6.68. The topological polar surface area (TPSA) is 98.3 Å². The molecule has 0 radical (unpaired) electrons. The van der Waals surface area contributed by atoms with Crippen LogP contribution in [0.25, 0.3) is 16.8 Å². The number of carboxylic acid groups (broad SMARTS) is 1. The molecule has 23 heavy (non-hydrogen) atoms. The Morgan fingerprint density at radius 2 is 1.87 bits per heavy atom. The highest BCUT2D eigenvalue weighted by Gasteiger charge is 2.09. The van der Waals surface area contributed by atoms with Gasteiger partial charge in [-0.3, -0.25) is 10.1 Å². The normalized spacial score (nSPS) is 10.4. The van der Waals surface area contributed by atoms with Crippen molar-refractivity contribution in [1.29, 1.82) is 0 Å². The van der Waals surface area contributed by atoms with Crippen molar-refractivity contribution in [2.75, 3.05) is 0 Å². The van der Waals surface area contributed by atoms with E-state index in [-0.39, 0.29) is 11.3 Å². The Kier molecular flexibility index (Phi) is 3.60. The molecule has 0 fully saturated rings. The molecule has 0 bridgehead atoms. The number of nitro groups is 1. The van der Waals surface area contributed by atoms with Gasteiger partial charge in [-0.05, 0) is 35.4 Å². The Labute approximate surface area is 130 Å². The van der Waals surface area contributed by atoms with Crippen LogP contribution in [-0.2, 0) is 0 Å². The lowest BCUT2D eigenvalue weighted by molar-refractivity contribution is -0.384. The molecule has 3 rings (SSSR count). The number of aromatic carboxylic acids is 1. The zero-order chi connectivity index (χ0) is 16.4. The predicted molar refractivity (Wildman–Crippen MR) is 82.6 cm³/mol. The van der Waals surface area contributed by atoms with Gasteiger partial charge in [-0.1, -0.05) is 12.1 Å². The van der Waals surface area contributed by atoms with Crippen LogP contribution in [0.4, 0.5) is 5.69 Å². The molecule has 0 saturated carbocycles. The summed E-state index contributed by atoms with van der Waals surface area (Å²) < 4.78 is 1.47. The maximum Gasteiger partial charge on any atom is 0.338 e. The minimum absolute atomic E-state index is 0.0306. The van der Waals surface area contributed by atoms with Gasteiger partial charge in [-0.15, -0.1) is 0 Å². The van der Waals surface area contributed by atoms with Crippen LogP contribution in [0.5, 0.6) is 0 Å². The zero-order valence-electron chi connectivity index (χ0n) is 11.8. The summed E-state index contributed by atoms with van der Waals surface area (Å²) in [5, 5.41) is 23.7. The van der Waals surface area contributed by atoms with E-state index in [1.165, 1.54) is 29.2 Å². The minimum Gasteiger partial charge on any atom is -0.478 e. The van der Waals surface area contributed by atoms with E-state index in [2.05, 4.69) is 5.10 Å². The largest absolute Gasteiger partial charge is 0.478 e. The molecular weight excluding hydrogens is 298 g/mol. The summed E-state index contributed by atoms with van der Waals surface area (Å²) in [4.78, 5) is 21.2. The number of hydrogen-bond donors (Lipinski definition) is 1. The standard InChI is InChI=1S/C16H11N3O4/c20-16(21)13-9-17-18(10-13)15-3-1-2-12(8-15)11-4-6-14(7-5-11)19(22)23/h1-10H,(H,20,21). The first-order valence-corrected chi connectivity index (χ1v) is 6.68. The number of nitro benzene ring substituents is 1. The lowest BCUT2D eigenvalue weighted by Crippen LogP contribution is -1.96. The third-order valence-electron chi connectivity index (χ3n) is 3.35. The monoisotopic (exact) mass is 309 g/mol. The van der Waals surface area contributed by atoms with E-state index in [0.29, 0.717) is 5.69 Å². The molecule has 0 unspecified atom stereocenters. The molecule has 0 saturated heterocycles. The number of carboxylic acids is 1. The first-order chi connectivity index (χ1) is 11.0. The van der Waals surface area contributed by atoms with Crippen LogP contribution >= 0.6 is 0 Å². The van der Waals surface area contributed by atoms with E-state index in [1.54, 1.807) is 18.2 Å². The summed E-state index contributed by atoms with van der Waals surface area (Å²) in [6, 6.07) is 13.5. The van der Waals surface area contributed by atoms with Crippen LogP contribution in [0.3, 0.4) is 0 Å². The maximum atomic E-state index is 10.9. The number of benzene rings is 2. The van der Waals surface area contributed by atoms with Crippen molar-refractivity contribution in [3.8, 4) is 16.8 Å². The highest BCUT2D eigenvalue weighted by molar-refractivity contribution is 5.87.